The fraction of sp³-hybridized carbons (Fsp3) is 0.0714. The van der Waals surface area contributed by atoms with Crippen molar-refractivity contribution in [3.8, 4) is 16.3 Å². The van der Waals surface area contributed by atoms with E-state index >= 15 is 0 Å². The number of hydrogen-bond donors (Lipinski definition) is 0. The quantitative estimate of drug-likeness (QED) is 0.292. The maximum Gasteiger partial charge on any atom is 0.124 e. The highest BCUT2D eigenvalue weighted by Gasteiger charge is 2.15. The van der Waals surface area contributed by atoms with E-state index in [9.17, 15) is 0 Å². The molecule has 0 aliphatic carbocycles. The van der Waals surface area contributed by atoms with Crippen LogP contribution in [-0.2, 0) is 12.8 Å². The molecule has 3 nitrogen and oxygen atoms in total. The van der Waals surface area contributed by atoms with E-state index in [-0.39, 0.29) is 0 Å². The van der Waals surface area contributed by atoms with Gasteiger partial charge in [-0.2, -0.15) is 0 Å². The maximum atomic E-state index is 5.08. The van der Waals surface area contributed by atoms with Crippen LogP contribution >= 0.6 is 11.3 Å². The summed E-state index contributed by atoms with van der Waals surface area (Å²) in [6.45, 7) is 0. The van der Waals surface area contributed by atoms with E-state index in [4.69, 9.17) is 9.97 Å². The lowest BCUT2D eigenvalue weighted by molar-refractivity contribution is 0.839. The Kier molecular flexibility index (Phi) is 4.78. The average molecular weight is 432 g/mol. The van der Waals surface area contributed by atoms with Crippen LogP contribution in [0.15, 0.2) is 103 Å². The molecule has 4 aromatic carbocycles. The minimum Gasteiger partial charge on any atom is -0.296 e. The average Bonchev–Trinajstić information content (AvgIpc) is 3.45. The molecule has 0 saturated heterocycles. The highest BCUT2D eigenvalue weighted by Crippen LogP contribution is 2.32. The van der Waals surface area contributed by atoms with Crippen LogP contribution in [0.1, 0.15) is 11.4 Å². The molecule has 0 saturated carbocycles. The molecule has 32 heavy (non-hydrogen) atoms. The normalized spacial score (nSPS) is 11.4. The van der Waals surface area contributed by atoms with E-state index in [1.807, 2.05) is 6.07 Å². The molecule has 0 spiro atoms. The summed E-state index contributed by atoms with van der Waals surface area (Å²) in [7, 11) is 0. The molecule has 6 aromatic rings. The lowest BCUT2D eigenvalue weighted by Crippen LogP contribution is -2.03. The third-order valence-corrected chi connectivity index (χ3v) is 6.84. The predicted molar refractivity (Wildman–Crippen MR) is 134 cm³/mol. The van der Waals surface area contributed by atoms with Crippen molar-refractivity contribution in [3.05, 3.63) is 115 Å². The number of para-hydroxylation sites is 2. The summed E-state index contributed by atoms with van der Waals surface area (Å²) in [6, 6.07) is 36.0. The van der Waals surface area contributed by atoms with Crippen molar-refractivity contribution in [2.24, 2.45) is 0 Å². The molecule has 0 unspecified atom stereocenters. The van der Waals surface area contributed by atoms with Gasteiger partial charge in [0.15, 0.2) is 0 Å². The fourth-order valence-electron chi connectivity index (χ4n) is 4.19. The van der Waals surface area contributed by atoms with Gasteiger partial charge in [-0.1, -0.05) is 60.7 Å². The molecule has 0 bridgehead atoms. The first-order chi connectivity index (χ1) is 15.8. The molecule has 0 fully saturated rings. The van der Waals surface area contributed by atoms with Gasteiger partial charge >= 0.3 is 0 Å². The number of benzene rings is 4. The first-order valence-corrected chi connectivity index (χ1v) is 11.6. The molecular weight excluding hydrogens is 410 g/mol. The molecule has 0 radical (unpaired) electrons. The lowest BCUT2D eigenvalue weighted by Gasteiger charge is -2.09. The Bertz CT molecular complexity index is 1480. The zero-order chi connectivity index (χ0) is 21.3. The Hall–Kier alpha value is -3.76. The van der Waals surface area contributed by atoms with E-state index in [1.54, 1.807) is 11.3 Å². The van der Waals surface area contributed by atoms with Gasteiger partial charge in [-0.15, -0.1) is 11.3 Å². The van der Waals surface area contributed by atoms with Crippen LogP contribution in [-0.4, -0.2) is 14.5 Å². The number of hydrogen-bond acceptors (Lipinski definition) is 3. The van der Waals surface area contributed by atoms with Gasteiger partial charge in [0.2, 0.25) is 0 Å². The minimum atomic E-state index is 0.879. The summed E-state index contributed by atoms with van der Waals surface area (Å²) in [4.78, 5) is 9.92. The van der Waals surface area contributed by atoms with Gasteiger partial charge < -0.3 is 0 Å². The molecule has 6 rings (SSSR count). The molecule has 4 heteroatoms. The maximum absolute atomic E-state index is 5.08. The third kappa shape index (κ3) is 3.49. The summed E-state index contributed by atoms with van der Waals surface area (Å²) in [5.41, 5.74) is 6.77. The van der Waals surface area contributed by atoms with Crippen molar-refractivity contribution in [1.29, 1.82) is 0 Å². The Balaban J connectivity index is 1.45. The number of thiazole rings is 1. The number of nitrogens with zero attached hydrogens (tertiary/aromatic N) is 3. The van der Waals surface area contributed by atoms with Crippen molar-refractivity contribution in [1.82, 2.24) is 14.5 Å². The summed E-state index contributed by atoms with van der Waals surface area (Å²) in [5, 5.41) is 1.04. The van der Waals surface area contributed by atoms with Crippen LogP contribution in [0.2, 0.25) is 0 Å². The number of aromatic nitrogens is 3. The van der Waals surface area contributed by atoms with Crippen molar-refractivity contribution in [2.75, 3.05) is 0 Å². The monoisotopic (exact) mass is 431 g/mol. The van der Waals surface area contributed by atoms with Crippen LogP contribution in [0.4, 0.5) is 0 Å². The topological polar surface area (TPSA) is 30.7 Å². The summed E-state index contributed by atoms with van der Waals surface area (Å²) in [5.74, 6) is 1.08. The second-order valence-electron chi connectivity index (χ2n) is 7.87. The zero-order valence-electron chi connectivity index (χ0n) is 17.5. The third-order valence-electron chi connectivity index (χ3n) is 5.76. The molecule has 154 valence electrons. The van der Waals surface area contributed by atoms with E-state index in [0.717, 1.165) is 51.5 Å². The van der Waals surface area contributed by atoms with Crippen molar-refractivity contribution in [2.45, 2.75) is 12.8 Å². The van der Waals surface area contributed by atoms with E-state index in [0.29, 0.717) is 0 Å². The predicted octanol–water partition coefficient (Wildman–Crippen LogP) is 7.09. The molecule has 2 aromatic heterocycles. The van der Waals surface area contributed by atoms with Gasteiger partial charge in [0, 0.05) is 17.7 Å². The molecule has 0 aliphatic rings. The smallest absolute Gasteiger partial charge is 0.124 e. The first kappa shape index (κ1) is 19.0. The van der Waals surface area contributed by atoms with Crippen LogP contribution < -0.4 is 0 Å². The fourth-order valence-corrected chi connectivity index (χ4v) is 5.15. The van der Waals surface area contributed by atoms with Crippen molar-refractivity contribution < 1.29 is 0 Å². The second kappa shape index (κ2) is 8.06. The van der Waals surface area contributed by atoms with Gasteiger partial charge in [0.1, 0.15) is 10.8 Å². The van der Waals surface area contributed by atoms with Crippen molar-refractivity contribution in [3.63, 3.8) is 0 Å². The van der Waals surface area contributed by atoms with E-state index in [1.165, 1.54) is 10.3 Å². The van der Waals surface area contributed by atoms with E-state index in [2.05, 4.69) is 102 Å². The molecule has 0 aliphatic heterocycles. The number of fused-ring (bicyclic) bond motifs is 2. The Morgan fingerprint density at radius 2 is 1.41 bits per heavy atom. The lowest BCUT2D eigenvalue weighted by atomic mass is 10.1. The number of aryl methyl sites for hydroxylation is 2. The second-order valence-corrected chi connectivity index (χ2v) is 8.91. The van der Waals surface area contributed by atoms with Crippen LogP contribution in [0.25, 0.3) is 37.5 Å². The minimum absolute atomic E-state index is 0.879. The first-order valence-electron chi connectivity index (χ1n) is 10.8. The van der Waals surface area contributed by atoms with Gasteiger partial charge in [-0.3, -0.25) is 4.57 Å². The largest absolute Gasteiger partial charge is 0.296 e. The Labute approximate surface area is 190 Å². The van der Waals surface area contributed by atoms with Crippen LogP contribution in [0.3, 0.4) is 0 Å². The highest BCUT2D eigenvalue weighted by atomic mass is 32.1. The molecule has 2 heterocycles. The van der Waals surface area contributed by atoms with Crippen LogP contribution in [0, 0.1) is 0 Å². The van der Waals surface area contributed by atoms with Crippen molar-refractivity contribution >= 4 is 32.6 Å². The summed E-state index contributed by atoms with van der Waals surface area (Å²) < 4.78 is 3.50. The molecule has 0 atom stereocenters. The molecule has 0 N–H and O–H groups in total. The summed E-state index contributed by atoms with van der Waals surface area (Å²) in [6.07, 6.45) is 1.84. The van der Waals surface area contributed by atoms with Gasteiger partial charge in [0.25, 0.3) is 0 Å². The van der Waals surface area contributed by atoms with E-state index < -0.39 is 0 Å². The number of rotatable bonds is 5. The number of imidazole rings is 1. The standard InChI is InChI=1S/C28H21N3S/c1-3-9-20(10-4-1)15-18-27-29-24-19-21(28-30-23-13-7-8-14-26(23)32-28)16-17-25(24)31(27)22-11-5-2-6-12-22/h1-14,16-17,19H,15,18H2. The van der Waals surface area contributed by atoms with Gasteiger partial charge in [0.05, 0.1) is 21.3 Å². The van der Waals surface area contributed by atoms with Gasteiger partial charge in [-0.25, -0.2) is 9.97 Å². The Morgan fingerprint density at radius 1 is 0.656 bits per heavy atom. The van der Waals surface area contributed by atoms with Gasteiger partial charge in [-0.05, 0) is 54.4 Å². The SMILES string of the molecule is c1ccc(CCc2nc3cc(-c4nc5ccccc5s4)ccc3n2-c2ccccc2)cc1. The Morgan fingerprint density at radius 3 is 2.22 bits per heavy atom. The van der Waals surface area contributed by atoms with Crippen LogP contribution in [0.5, 0.6) is 0 Å². The molecular formula is C28H21N3S. The zero-order valence-corrected chi connectivity index (χ0v) is 18.3. The molecule has 0 amide bonds. The highest BCUT2D eigenvalue weighted by molar-refractivity contribution is 7.21. The summed E-state index contributed by atoms with van der Waals surface area (Å²) >= 11 is 1.73.